The number of aliphatic imine (C=N–C) groups is 1. The van der Waals surface area contributed by atoms with Crippen LogP contribution in [0.5, 0.6) is 0 Å². The van der Waals surface area contributed by atoms with Gasteiger partial charge in [-0.15, -0.1) is 11.3 Å². The van der Waals surface area contributed by atoms with Gasteiger partial charge in [0.2, 0.25) is 5.78 Å². The number of anilines is 1. The summed E-state index contributed by atoms with van der Waals surface area (Å²) in [6.45, 7) is 3.38. The third kappa shape index (κ3) is 6.13. The predicted octanol–water partition coefficient (Wildman–Crippen LogP) is 4.17. The Labute approximate surface area is 230 Å². The molecular weight excluding hydrogens is 546 g/mol. The Morgan fingerprint density at radius 3 is 2.87 bits per heavy atom. The Bertz CT molecular complexity index is 1500. The van der Waals surface area contributed by atoms with E-state index in [-0.39, 0.29) is 18.3 Å². The van der Waals surface area contributed by atoms with Gasteiger partial charge in [0.05, 0.1) is 22.8 Å². The minimum absolute atomic E-state index is 0.0919. The van der Waals surface area contributed by atoms with Crippen molar-refractivity contribution in [2.75, 3.05) is 25.0 Å². The van der Waals surface area contributed by atoms with Gasteiger partial charge in [0.15, 0.2) is 0 Å². The minimum Gasteiger partial charge on any atom is -0.369 e. The molecule has 200 valence electrons. The molecule has 2 atom stereocenters. The zero-order chi connectivity index (χ0) is 26.9. The van der Waals surface area contributed by atoms with Gasteiger partial charge < -0.3 is 5.32 Å². The molecule has 12 heteroatoms. The molecular formula is C26H28ClN5O4S2. The van der Waals surface area contributed by atoms with E-state index in [0.717, 1.165) is 47.4 Å². The molecule has 3 aromatic rings. The Kier molecular flexibility index (Phi) is 7.92. The average Bonchev–Trinajstić information content (AvgIpc) is 3.51. The van der Waals surface area contributed by atoms with Crippen molar-refractivity contribution in [1.29, 1.82) is 0 Å². The van der Waals surface area contributed by atoms with Crippen LogP contribution in [0.4, 0.5) is 5.82 Å². The van der Waals surface area contributed by atoms with Crippen LogP contribution in [0.2, 0.25) is 5.02 Å². The third-order valence-electron chi connectivity index (χ3n) is 7.01. The van der Waals surface area contributed by atoms with Gasteiger partial charge in [0.1, 0.15) is 12.1 Å². The number of fused-ring (bicyclic) bond motifs is 1. The van der Waals surface area contributed by atoms with Crippen LogP contribution in [-0.4, -0.2) is 49.6 Å². The summed E-state index contributed by atoms with van der Waals surface area (Å²) < 4.78 is 26.9. The van der Waals surface area contributed by atoms with Crippen molar-refractivity contribution < 1.29 is 17.4 Å². The number of halogens is 1. The number of hydrogen-bond donors (Lipinski definition) is 2. The van der Waals surface area contributed by atoms with Crippen LogP contribution >= 0.6 is 22.9 Å². The van der Waals surface area contributed by atoms with Crippen molar-refractivity contribution in [3.8, 4) is 0 Å². The quantitative estimate of drug-likeness (QED) is 0.366. The van der Waals surface area contributed by atoms with E-state index >= 15 is 0 Å². The van der Waals surface area contributed by atoms with E-state index in [0.29, 0.717) is 40.3 Å². The zero-order valence-electron chi connectivity index (χ0n) is 20.8. The summed E-state index contributed by atoms with van der Waals surface area (Å²) in [6.07, 6.45) is 6.39. The number of nitrogens with two attached hydrogens (primary N) is 1. The van der Waals surface area contributed by atoms with Crippen molar-refractivity contribution in [3.63, 3.8) is 0 Å². The molecule has 2 aromatic heterocycles. The second kappa shape index (κ2) is 11.2. The minimum atomic E-state index is -3.93. The van der Waals surface area contributed by atoms with Crippen molar-refractivity contribution in [2.45, 2.75) is 32.6 Å². The summed E-state index contributed by atoms with van der Waals surface area (Å²) >= 11 is 7.71. The van der Waals surface area contributed by atoms with Crippen molar-refractivity contribution in [3.05, 3.63) is 73.8 Å². The number of nitrogens with one attached hydrogen (secondary N) is 1. The molecule has 1 aromatic carbocycles. The summed E-state index contributed by atoms with van der Waals surface area (Å²) in [6, 6.07) is 7.78. The van der Waals surface area contributed by atoms with Crippen LogP contribution in [0.1, 0.15) is 56.1 Å². The van der Waals surface area contributed by atoms with Crippen molar-refractivity contribution >= 4 is 50.6 Å². The second-order valence-corrected chi connectivity index (χ2v) is 12.6. The third-order valence-corrected chi connectivity index (χ3v) is 8.76. The van der Waals surface area contributed by atoms with E-state index in [1.807, 2.05) is 31.2 Å². The normalized spacial score (nSPS) is 19.2. The Morgan fingerprint density at radius 1 is 1.24 bits per heavy atom. The molecule has 0 radical (unpaired) electrons. The van der Waals surface area contributed by atoms with E-state index in [2.05, 4.69) is 15.3 Å². The summed E-state index contributed by atoms with van der Waals surface area (Å²) in [5.41, 5.74) is 4.42. The first kappa shape index (κ1) is 26.9. The summed E-state index contributed by atoms with van der Waals surface area (Å²) in [5, 5.41) is 8.91. The molecule has 0 amide bonds. The van der Waals surface area contributed by atoms with Gasteiger partial charge in [0, 0.05) is 40.3 Å². The molecule has 1 fully saturated rings. The monoisotopic (exact) mass is 573 g/mol. The molecule has 0 spiro atoms. The molecule has 0 unspecified atom stereocenters. The van der Waals surface area contributed by atoms with Crippen LogP contribution in [-0.2, 0) is 20.9 Å². The van der Waals surface area contributed by atoms with Gasteiger partial charge in [-0.05, 0) is 68.2 Å². The topological polar surface area (TPSA) is 137 Å². The fraction of sp³-hybridized carbons (Fsp3) is 0.385. The average molecular weight is 574 g/mol. The zero-order valence-corrected chi connectivity index (χ0v) is 23.2. The van der Waals surface area contributed by atoms with Gasteiger partial charge >= 0.3 is 10.3 Å². The van der Waals surface area contributed by atoms with Crippen LogP contribution in [0, 0.1) is 18.8 Å². The molecule has 3 heterocycles. The molecule has 0 saturated heterocycles. The highest BCUT2D eigenvalue weighted by Crippen LogP contribution is 2.33. The highest BCUT2D eigenvalue weighted by molar-refractivity contribution is 7.84. The molecule has 9 nitrogen and oxygen atoms in total. The lowest BCUT2D eigenvalue weighted by atomic mass is 9.93. The summed E-state index contributed by atoms with van der Waals surface area (Å²) in [7, 11) is -3.93. The van der Waals surface area contributed by atoms with Crippen LogP contribution in [0.15, 0.2) is 41.8 Å². The number of nitrogens with zero attached hydrogens (tertiary/aromatic N) is 3. The van der Waals surface area contributed by atoms with E-state index in [4.69, 9.17) is 25.9 Å². The fourth-order valence-corrected chi connectivity index (χ4v) is 6.67. The number of carbonyl (C=O) groups excluding carboxylic acids is 1. The molecule has 1 aliphatic carbocycles. The van der Waals surface area contributed by atoms with E-state index in [1.54, 1.807) is 0 Å². The largest absolute Gasteiger partial charge is 0.369 e. The number of benzene rings is 1. The first-order chi connectivity index (χ1) is 18.2. The fourth-order valence-electron chi connectivity index (χ4n) is 5.14. The molecule has 38 heavy (non-hydrogen) atoms. The molecule has 2 aliphatic rings. The Hall–Kier alpha value is -2.70. The van der Waals surface area contributed by atoms with E-state index in [1.165, 1.54) is 29.4 Å². The molecule has 1 aliphatic heterocycles. The van der Waals surface area contributed by atoms with E-state index in [9.17, 15) is 13.2 Å². The van der Waals surface area contributed by atoms with Crippen molar-refractivity contribution in [1.82, 2.24) is 9.97 Å². The molecule has 1 saturated carbocycles. The number of aryl methyl sites for hydroxylation is 1. The van der Waals surface area contributed by atoms with Crippen LogP contribution in [0.25, 0.3) is 0 Å². The number of carbonyl (C=O) groups is 1. The molecule has 0 bridgehead atoms. The van der Waals surface area contributed by atoms with Crippen LogP contribution < -0.4 is 10.5 Å². The summed E-state index contributed by atoms with van der Waals surface area (Å²) in [4.78, 5) is 28.4. The highest BCUT2D eigenvalue weighted by Gasteiger charge is 2.27. The number of rotatable bonds is 9. The van der Waals surface area contributed by atoms with Gasteiger partial charge in [-0.1, -0.05) is 17.7 Å². The van der Waals surface area contributed by atoms with E-state index < -0.39 is 10.3 Å². The summed E-state index contributed by atoms with van der Waals surface area (Å²) in [5.74, 6) is 0.755. The van der Waals surface area contributed by atoms with Gasteiger partial charge in [0.25, 0.3) is 0 Å². The van der Waals surface area contributed by atoms with Gasteiger partial charge in [-0.3, -0.25) is 14.0 Å². The maximum atomic E-state index is 13.6. The number of hydrogen-bond acceptors (Lipinski definition) is 9. The second-order valence-electron chi connectivity index (χ2n) is 9.68. The van der Waals surface area contributed by atoms with Gasteiger partial charge in [-0.25, -0.2) is 15.1 Å². The lowest BCUT2D eigenvalue weighted by Crippen LogP contribution is -2.20. The lowest BCUT2D eigenvalue weighted by Gasteiger charge is -2.17. The smallest absolute Gasteiger partial charge is 0.333 e. The molecule has 5 rings (SSSR count). The first-order valence-electron chi connectivity index (χ1n) is 12.4. The highest BCUT2D eigenvalue weighted by atomic mass is 35.5. The first-order valence-corrected chi connectivity index (χ1v) is 15.0. The maximum Gasteiger partial charge on any atom is 0.333 e. The maximum absolute atomic E-state index is 13.6. The van der Waals surface area contributed by atoms with Crippen LogP contribution in [0.3, 0.4) is 0 Å². The Morgan fingerprint density at radius 2 is 2.05 bits per heavy atom. The van der Waals surface area contributed by atoms with Crippen molar-refractivity contribution in [2.24, 2.45) is 22.0 Å². The predicted molar refractivity (Wildman–Crippen MR) is 149 cm³/mol. The standard InChI is InChI=1S/C26H28ClN5O4S2/c1-15-20(24-21-9-19(27)5-4-18(21)6-7-30-24)10-23(37-15)25(33)22-12-29-14-32-26(22)31-11-16-2-3-17(8-16)13-36-38(28,34)35/h4-5,9-10,12,14,16-17H,2-3,6-8,11,13H2,1H3,(H2,28,34,35)(H,29,31,32)/t16-,17+/m0/s1. The lowest BCUT2D eigenvalue weighted by molar-refractivity contribution is 0.104. The van der Waals surface area contributed by atoms with Gasteiger partial charge in [-0.2, -0.15) is 8.42 Å². The number of ketones is 1. The number of thiophene rings is 1. The Balaban J connectivity index is 1.30. The number of aromatic nitrogens is 2. The SMILES string of the molecule is Cc1sc(C(=O)c2cncnc2NC[C@H]2CC[C@@H](COS(N)(=O)=O)C2)cc1C1=NCCc2ccc(Cl)cc21. The molecule has 3 N–H and O–H groups in total.